The standard InChI is InChI=1S/C14H10N2O/c15-9-13(12-2-1-7-16-10-12)8-11-3-5-14(17)6-4-11/h1-8,10,17H/b13-8+. The second kappa shape index (κ2) is 4.95. The molecular formula is C14H10N2O. The SMILES string of the molecule is N#C/C(=C\c1ccc(O)cc1)c1cccnc1. The molecule has 2 aromatic rings. The lowest BCUT2D eigenvalue weighted by molar-refractivity contribution is 0.475. The summed E-state index contributed by atoms with van der Waals surface area (Å²) in [5.41, 5.74) is 2.19. The Bertz CT molecular complexity index is 565. The van der Waals surface area contributed by atoms with Gasteiger partial charge in [-0.1, -0.05) is 18.2 Å². The van der Waals surface area contributed by atoms with Gasteiger partial charge in [-0.05, 0) is 29.8 Å². The van der Waals surface area contributed by atoms with Crippen LogP contribution in [-0.4, -0.2) is 10.1 Å². The average Bonchev–Trinajstić information content (AvgIpc) is 2.39. The maximum absolute atomic E-state index is 9.17. The van der Waals surface area contributed by atoms with Crippen LogP contribution < -0.4 is 0 Å². The Morgan fingerprint density at radius 1 is 1.24 bits per heavy atom. The number of benzene rings is 1. The second-order valence-corrected chi connectivity index (χ2v) is 3.50. The van der Waals surface area contributed by atoms with Gasteiger partial charge in [-0.2, -0.15) is 5.26 Å². The number of allylic oxidation sites excluding steroid dienone is 1. The van der Waals surface area contributed by atoms with E-state index in [-0.39, 0.29) is 5.75 Å². The summed E-state index contributed by atoms with van der Waals surface area (Å²) in [6.45, 7) is 0. The summed E-state index contributed by atoms with van der Waals surface area (Å²) in [5.74, 6) is 0.210. The molecule has 0 atom stereocenters. The summed E-state index contributed by atoms with van der Waals surface area (Å²) in [4.78, 5) is 3.98. The molecule has 0 bridgehead atoms. The maximum Gasteiger partial charge on any atom is 0.115 e. The van der Waals surface area contributed by atoms with Crippen molar-refractivity contribution in [3.05, 3.63) is 59.9 Å². The maximum atomic E-state index is 9.17. The topological polar surface area (TPSA) is 56.9 Å². The Morgan fingerprint density at radius 2 is 2.00 bits per heavy atom. The zero-order valence-electron chi connectivity index (χ0n) is 9.04. The molecule has 0 spiro atoms. The van der Waals surface area contributed by atoms with E-state index in [4.69, 9.17) is 10.4 Å². The molecule has 1 N–H and O–H groups in total. The smallest absolute Gasteiger partial charge is 0.115 e. The molecule has 0 radical (unpaired) electrons. The molecule has 3 nitrogen and oxygen atoms in total. The molecule has 0 aliphatic carbocycles. The minimum Gasteiger partial charge on any atom is -0.508 e. The van der Waals surface area contributed by atoms with Crippen molar-refractivity contribution < 1.29 is 5.11 Å². The Kier molecular flexibility index (Phi) is 3.18. The van der Waals surface area contributed by atoms with Gasteiger partial charge in [0.2, 0.25) is 0 Å². The van der Waals surface area contributed by atoms with Crippen LogP contribution in [0.1, 0.15) is 11.1 Å². The van der Waals surface area contributed by atoms with Crippen molar-refractivity contribution in [2.45, 2.75) is 0 Å². The summed E-state index contributed by atoms with van der Waals surface area (Å²) in [5, 5.41) is 18.3. The van der Waals surface area contributed by atoms with Crippen LogP contribution in [0, 0.1) is 11.3 Å². The zero-order valence-corrected chi connectivity index (χ0v) is 9.04. The van der Waals surface area contributed by atoms with Crippen molar-refractivity contribution in [2.24, 2.45) is 0 Å². The van der Waals surface area contributed by atoms with Gasteiger partial charge in [0.15, 0.2) is 0 Å². The number of aromatic nitrogens is 1. The Balaban J connectivity index is 2.37. The van der Waals surface area contributed by atoms with Gasteiger partial charge >= 0.3 is 0 Å². The third kappa shape index (κ3) is 2.70. The third-order valence-corrected chi connectivity index (χ3v) is 2.30. The largest absolute Gasteiger partial charge is 0.508 e. The highest BCUT2D eigenvalue weighted by Gasteiger charge is 2.00. The van der Waals surface area contributed by atoms with Crippen LogP contribution in [0.5, 0.6) is 5.75 Å². The Labute approximate surface area is 99.3 Å². The van der Waals surface area contributed by atoms with E-state index in [9.17, 15) is 0 Å². The first-order chi connectivity index (χ1) is 8.29. The summed E-state index contributed by atoms with van der Waals surface area (Å²) in [7, 11) is 0. The molecule has 0 aliphatic heterocycles. The first kappa shape index (κ1) is 10.9. The summed E-state index contributed by atoms with van der Waals surface area (Å²) in [6.07, 6.45) is 5.07. The molecule has 0 aliphatic rings. The molecule has 0 fully saturated rings. The summed E-state index contributed by atoms with van der Waals surface area (Å²) < 4.78 is 0. The molecule has 2 rings (SSSR count). The molecule has 82 valence electrons. The molecule has 1 heterocycles. The normalized spacial score (nSPS) is 10.9. The second-order valence-electron chi connectivity index (χ2n) is 3.50. The van der Waals surface area contributed by atoms with Crippen molar-refractivity contribution in [3.63, 3.8) is 0 Å². The first-order valence-electron chi connectivity index (χ1n) is 5.11. The molecule has 0 amide bonds. The lowest BCUT2D eigenvalue weighted by Gasteiger charge is -1.99. The number of pyridine rings is 1. The minimum absolute atomic E-state index is 0.210. The van der Waals surface area contributed by atoms with Gasteiger partial charge in [0.25, 0.3) is 0 Å². The van der Waals surface area contributed by atoms with Crippen LogP contribution in [0.2, 0.25) is 0 Å². The third-order valence-electron chi connectivity index (χ3n) is 2.30. The number of phenolic OH excluding ortho intramolecular Hbond substituents is 1. The number of nitrogens with zero attached hydrogens (tertiary/aromatic N) is 2. The zero-order chi connectivity index (χ0) is 12.1. The van der Waals surface area contributed by atoms with Crippen LogP contribution in [0.3, 0.4) is 0 Å². The number of phenols is 1. The highest BCUT2D eigenvalue weighted by atomic mass is 16.3. The highest BCUT2D eigenvalue weighted by molar-refractivity contribution is 5.89. The van der Waals surface area contributed by atoms with Crippen LogP contribution >= 0.6 is 0 Å². The van der Waals surface area contributed by atoms with Crippen molar-refractivity contribution in [1.29, 1.82) is 5.26 Å². The average molecular weight is 222 g/mol. The van der Waals surface area contributed by atoms with Crippen LogP contribution in [0.25, 0.3) is 11.6 Å². The van der Waals surface area contributed by atoms with Gasteiger partial charge in [-0.25, -0.2) is 0 Å². The molecule has 1 aromatic heterocycles. The lowest BCUT2D eigenvalue weighted by atomic mass is 10.1. The minimum atomic E-state index is 0.210. The van der Waals surface area contributed by atoms with Crippen molar-refractivity contribution in [2.75, 3.05) is 0 Å². The van der Waals surface area contributed by atoms with Crippen LogP contribution in [-0.2, 0) is 0 Å². The number of hydrogen-bond donors (Lipinski definition) is 1. The predicted molar refractivity (Wildman–Crippen MR) is 65.8 cm³/mol. The van der Waals surface area contributed by atoms with E-state index in [0.717, 1.165) is 11.1 Å². The van der Waals surface area contributed by atoms with Gasteiger partial charge in [-0.15, -0.1) is 0 Å². The molecule has 0 unspecified atom stereocenters. The summed E-state index contributed by atoms with van der Waals surface area (Å²) in [6, 6.07) is 12.4. The summed E-state index contributed by atoms with van der Waals surface area (Å²) >= 11 is 0. The molecular weight excluding hydrogens is 212 g/mol. The Morgan fingerprint density at radius 3 is 2.59 bits per heavy atom. The first-order valence-corrected chi connectivity index (χ1v) is 5.11. The number of hydrogen-bond acceptors (Lipinski definition) is 3. The Hall–Kier alpha value is -2.60. The van der Waals surface area contributed by atoms with E-state index in [1.165, 1.54) is 0 Å². The molecule has 0 saturated carbocycles. The lowest BCUT2D eigenvalue weighted by Crippen LogP contribution is -1.82. The fraction of sp³-hybridized carbons (Fsp3) is 0. The quantitative estimate of drug-likeness (QED) is 0.795. The molecule has 1 aromatic carbocycles. The molecule has 17 heavy (non-hydrogen) atoms. The number of rotatable bonds is 2. The highest BCUT2D eigenvalue weighted by Crippen LogP contribution is 2.18. The monoisotopic (exact) mass is 222 g/mol. The van der Waals surface area contributed by atoms with Crippen LogP contribution in [0.15, 0.2) is 48.8 Å². The van der Waals surface area contributed by atoms with Crippen molar-refractivity contribution in [1.82, 2.24) is 4.98 Å². The predicted octanol–water partition coefficient (Wildman–Crippen LogP) is 2.85. The van der Waals surface area contributed by atoms with E-state index >= 15 is 0 Å². The van der Waals surface area contributed by atoms with Gasteiger partial charge < -0.3 is 5.11 Å². The van der Waals surface area contributed by atoms with E-state index in [2.05, 4.69) is 11.1 Å². The van der Waals surface area contributed by atoms with E-state index in [1.807, 2.05) is 6.07 Å². The fourth-order valence-corrected chi connectivity index (χ4v) is 1.44. The van der Waals surface area contributed by atoms with Gasteiger partial charge in [0.05, 0.1) is 11.6 Å². The van der Waals surface area contributed by atoms with Crippen molar-refractivity contribution >= 4 is 11.6 Å². The number of nitriles is 1. The fourth-order valence-electron chi connectivity index (χ4n) is 1.44. The van der Waals surface area contributed by atoms with Gasteiger partial charge in [0.1, 0.15) is 5.75 Å². The van der Waals surface area contributed by atoms with E-state index in [0.29, 0.717) is 5.57 Å². The molecule has 3 heteroatoms. The van der Waals surface area contributed by atoms with Crippen LogP contribution in [0.4, 0.5) is 0 Å². The van der Waals surface area contributed by atoms with E-state index in [1.54, 1.807) is 48.8 Å². The molecule has 0 saturated heterocycles. The number of aromatic hydroxyl groups is 1. The van der Waals surface area contributed by atoms with Gasteiger partial charge in [0, 0.05) is 18.0 Å². The van der Waals surface area contributed by atoms with Gasteiger partial charge in [-0.3, -0.25) is 4.98 Å². The van der Waals surface area contributed by atoms with Crippen molar-refractivity contribution in [3.8, 4) is 11.8 Å². The van der Waals surface area contributed by atoms with E-state index < -0.39 is 0 Å².